The fourth-order valence-electron chi connectivity index (χ4n) is 2.10. The van der Waals surface area contributed by atoms with Crippen LogP contribution in [0.4, 0.5) is 0 Å². The van der Waals surface area contributed by atoms with Crippen LogP contribution in [0.2, 0.25) is 0 Å². The van der Waals surface area contributed by atoms with Crippen LogP contribution in [0.1, 0.15) is 30.9 Å². The molecule has 1 aliphatic heterocycles. The van der Waals surface area contributed by atoms with Crippen LogP contribution in [0.5, 0.6) is 5.75 Å². The van der Waals surface area contributed by atoms with E-state index in [4.69, 9.17) is 5.73 Å². The molecule has 88 valence electrons. The van der Waals surface area contributed by atoms with Gasteiger partial charge in [0.05, 0.1) is 0 Å². The molecule has 5 N–H and O–H groups in total. The van der Waals surface area contributed by atoms with Gasteiger partial charge >= 0.3 is 0 Å². The largest absolute Gasteiger partial charge is 0.508 e. The minimum atomic E-state index is 0.314. The summed E-state index contributed by atoms with van der Waals surface area (Å²) in [5.74, 6) is 0.314. The van der Waals surface area contributed by atoms with Crippen LogP contribution in [-0.4, -0.2) is 17.7 Å². The van der Waals surface area contributed by atoms with Crippen LogP contribution in [0.15, 0.2) is 24.3 Å². The van der Waals surface area contributed by atoms with Crippen molar-refractivity contribution in [2.75, 3.05) is 6.54 Å². The lowest BCUT2D eigenvalue weighted by atomic mass is 10.00. The van der Waals surface area contributed by atoms with E-state index in [9.17, 15) is 5.11 Å². The molecule has 16 heavy (non-hydrogen) atoms. The van der Waals surface area contributed by atoms with Gasteiger partial charge in [0.2, 0.25) is 0 Å². The molecule has 1 aromatic rings. The normalized spacial score (nSPS) is 24.8. The van der Waals surface area contributed by atoms with Gasteiger partial charge in [-0.05, 0) is 43.5 Å². The first kappa shape index (κ1) is 11.4. The Hall–Kier alpha value is -1.10. The number of rotatable bonds is 4. The van der Waals surface area contributed by atoms with E-state index in [0.717, 1.165) is 25.8 Å². The predicted octanol–water partition coefficient (Wildman–Crippen LogP) is 1.04. The summed E-state index contributed by atoms with van der Waals surface area (Å²) in [7, 11) is 0. The molecule has 0 aliphatic carbocycles. The van der Waals surface area contributed by atoms with Crippen LogP contribution in [0, 0.1) is 0 Å². The van der Waals surface area contributed by atoms with E-state index >= 15 is 0 Å². The predicted molar refractivity (Wildman–Crippen MR) is 63.8 cm³/mol. The number of phenolic OH excluding ortho intramolecular Hbond substituents is 1. The zero-order chi connectivity index (χ0) is 11.4. The van der Waals surface area contributed by atoms with Crippen LogP contribution < -0.4 is 16.6 Å². The Kier molecular flexibility index (Phi) is 3.77. The average Bonchev–Trinajstić information content (AvgIpc) is 2.76. The third-order valence-corrected chi connectivity index (χ3v) is 3.03. The van der Waals surface area contributed by atoms with Gasteiger partial charge in [-0.3, -0.25) is 10.9 Å². The minimum Gasteiger partial charge on any atom is -0.508 e. The Bertz CT molecular complexity index is 326. The molecule has 0 bridgehead atoms. The second kappa shape index (κ2) is 5.30. The number of nitrogens with two attached hydrogens (primary N) is 1. The van der Waals surface area contributed by atoms with E-state index in [1.807, 2.05) is 12.1 Å². The van der Waals surface area contributed by atoms with Crippen molar-refractivity contribution < 1.29 is 5.11 Å². The summed E-state index contributed by atoms with van der Waals surface area (Å²) in [5, 5.41) is 9.22. The number of hydrogen-bond acceptors (Lipinski definition) is 4. The number of nitrogens with one attached hydrogen (secondary N) is 2. The highest BCUT2D eigenvalue weighted by molar-refractivity contribution is 5.28. The van der Waals surface area contributed by atoms with Gasteiger partial charge in [0.1, 0.15) is 5.75 Å². The molecule has 0 saturated carbocycles. The van der Waals surface area contributed by atoms with E-state index < -0.39 is 0 Å². The highest BCUT2D eigenvalue weighted by Gasteiger charge is 2.24. The monoisotopic (exact) mass is 221 g/mol. The number of hydrazine groups is 1. The third-order valence-electron chi connectivity index (χ3n) is 3.03. The zero-order valence-electron chi connectivity index (χ0n) is 9.32. The van der Waals surface area contributed by atoms with Crippen molar-refractivity contribution >= 4 is 0 Å². The van der Waals surface area contributed by atoms with Crippen molar-refractivity contribution in [3.05, 3.63) is 29.8 Å². The Morgan fingerprint density at radius 1 is 1.25 bits per heavy atom. The molecule has 1 saturated heterocycles. The topological polar surface area (TPSA) is 70.3 Å². The Labute approximate surface area is 95.8 Å². The van der Waals surface area contributed by atoms with Gasteiger partial charge in [0, 0.05) is 12.1 Å². The first-order chi connectivity index (χ1) is 7.79. The maximum atomic E-state index is 9.22. The van der Waals surface area contributed by atoms with Crippen LogP contribution in [-0.2, 0) is 0 Å². The third kappa shape index (κ3) is 2.72. The highest BCUT2D eigenvalue weighted by atomic mass is 16.3. The standard InChI is InChI=1S/C12H19N3O/c13-7-1-2-10-8-12(15-14-10)9-3-5-11(16)6-4-9/h3-6,10,12,14-16H,1-2,7-8,13H2. The smallest absolute Gasteiger partial charge is 0.115 e. The van der Waals surface area contributed by atoms with Crippen molar-refractivity contribution in [2.45, 2.75) is 31.3 Å². The van der Waals surface area contributed by atoms with Crippen molar-refractivity contribution in [3.63, 3.8) is 0 Å². The molecule has 0 spiro atoms. The summed E-state index contributed by atoms with van der Waals surface area (Å²) in [6.45, 7) is 0.752. The summed E-state index contributed by atoms with van der Waals surface area (Å²) in [6.07, 6.45) is 3.24. The first-order valence-corrected chi connectivity index (χ1v) is 5.79. The molecular formula is C12H19N3O. The molecule has 2 unspecified atom stereocenters. The maximum absolute atomic E-state index is 9.22. The number of benzene rings is 1. The molecule has 1 fully saturated rings. The van der Waals surface area contributed by atoms with E-state index in [0.29, 0.717) is 17.8 Å². The summed E-state index contributed by atoms with van der Waals surface area (Å²) in [6, 6.07) is 8.21. The second-order valence-corrected chi connectivity index (χ2v) is 4.30. The fourth-order valence-corrected chi connectivity index (χ4v) is 2.10. The molecule has 0 aromatic heterocycles. The zero-order valence-corrected chi connectivity index (χ0v) is 9.32. The molecule has 1 heterocycles. The lowest BCUT2D eigenvalue weighted by molar-refractivity contribution is 0.474. The second-order valence-electron chi connectivity index (χ2n) is 4.30. The van der Waals surface area contributed by atoms with Gasteiger partial charge in [0.15, 0.2) is 0 Å². The van der Waals surface area contributed by atoms with Gasteiger partial charge in [-0.15, -0.1) is 0 Å². The number of aromatic hydroxyl groups is 1. The summed E-state index contributed by atoms with van der Waals surface area (Å²) < 4.78 is 0. The molecule has 0 radical (unpaired) electrons. The lowest BCUT2D eigenvalue weighted by Crippen LogP contribution is -2.31. The molecular weight excluding hydrogens is 202 g/mol. The molecule has 2 atom stereocenters. The Balaban J connectivity index is 1.90. The maximum Gasteiger partial charge on any atom is 0.115 e. The van der Waals surface area contributed by atoms with Crippen molar-refractivity contribution in [3.8, 4) is 5.75 Å². The lowest BCUT2D eigenvalue weighted by Gasteiger charge is -2.09. The molecule has 4 nitrogen and oxygen atoms in total. The summed E-state index contributed by atoms with van der Waals surface area (Å²) in [5.41, 5.74) is 13.3. The molecule has 1 aliphatic rings. The van der Waals surface area contributed by atoms with Gasteiger partial charge in [0.25, 0.3) is 0 Å². The SMILES string of the molecule is NCCCC1CC(c2ccc(O)cc2)NN1. The van der Waals surface area contributed by atoms with Crippen LogP contribution in [0.25, 0.3) is 0 Å². The van der Waals surface area contributed by atoms with Gasteiger partial charge < -0.3 is 10.8 Å². The highest BCUT2D eigenvalue weighted by Crippen LogP contribution is 2.25. The summed E-state index contributed by atoms with van der Waals surface area (Å²) in [4.78, 5) is 0. The number of phenols is 1. The van der Waals surface area contributed by atoms with E-state index in [1.54, 1.807) is 12.1 Å². The average molecular weight is 221 g/mol. The van der Waals surface area contributed by atoms with Crippen LogP contribution >= 0.6 is 0 Å². The van der Waals surface area contributed by atoms with Crippen molar-refractivity contribution in [1.29, 1.82) is 0 Å². The first-order valence-electron chi connectivity index (χ1n) is 5.79. The van der Waals surface area contributed by atoms with Crippen LogP contribution in [0.3, 0.4) is 0 Å². The summed E-state index contributed by atoms with van der Waals surface area (Å²) >= 11 is 0. The number of hydrogen-bond donors (Lipinski definition) is 4. The van der Waals surface area contributed by atoms with Crippen molar-refractivity contribution in [1.82, 2.24) is 10.9 Å². The molecule has 0 amide bonds. The quantitative estimate of drug-likeness (QED) is 0.613. The minimum absolute atomic E-state index is 0.314. The molecule has 1 aromatic carbocycles. The van der Waals surface area contributed by atoms with Gasteiger partial charge in [-0.1, -0.05) is 12.1 Å². The van der Waals surface area contributed by atoms with E-state index in [1.165, 1.54) is 5.56 Å². The van der Waals surface area contributed by atoms with Gasteiger partial charge in [-0.25, -0.2) is 0 Å². The Morgan fingerprint density at radius 2 is 2.00 bits per heavy atom. The molecule has 4 heteroatoms. The van der Waals surface area contributed by atoms with E-state index in [2.05, 4.69) is 10.9 Å². The fraction of sp³-hybridized carbons (Fsp3) is 0.500. The molecule has 2 rings (SSSR count). The Morgan fingerprint density at radius 3 is 2.69 bits per heavy atom. The van der Waals surface area contributed by atoms with Gasteiger partial charge in [-0.2, -0.15) is 0 Å². The van der Waals surface area contributed by atoms with E-state index in [-0.39, 0.29) is 0 Å². The van der Waals surface area contributed by atoms with Crippen molar-refractivity contribution in [2.24, 2.45) is 5.73 Å².